The lowest BCUT2D eigenvalue weighted by atomic mass is 10.2. The van der Waals surface area contributed by atoms with Crippen molar-refractivity contribution in [2.75, 3.05) is 0 Å². The molecule has 2 aromatic carbocycles. The van der Waals surface area contributed by atoms with E-state index in [1.165, 1.54) is 0 Å². The standard InChI is InChI=1S/C21H16N6O3/c1-14-22-20(30-26-14)13-28-16-7-9-17(10-8-16)29-19-12-11-18-23-24-21(27(18)25-19)15-5-3-2-4-6-15/h2-12H,13H2,1H3. The second kappa shape index (κ2) is 7.63. The molecule has 0 bridgehead atoms. The number of benzene rings is 2. The average Bonchev–Trinajstić information content (AvgIpc) is 3.39. The lowest BCUT2D eigenvalue weighted by Crippen LogP contribution is -1.98. The van der Waals surface area contributed by atoms with Crippen LogP contribution in [0, 0.1) is 6.92 Å². The van der Waals surface area contributed by atoms with Crippen LogP contribution in [0.3, 0.4) is 0 Å². The first-order valence-electron chi connectivity index (χ1n) is 9.22. The first kappa shape index (κ1) is 17.8. The van der Waals surface area contributed by atoms with Gasteiger partial charge >= 0.3 is 0 Å². The zero-order chi connectivity index (χ0) is 20.3. The predicted octanol–water partition coefficient (Wildman–Crippen LogP) is 3.85. The van der Waals surface area contributed by atoms with Crippen LogP contribution in [-0.4, -0.2) is 30.0 Å². The predicted molar refractivity (Wildman–Crippen MR) is 106 cm³/mol. The molecular formula is C21H16N6O3. The highest BCUT2D eigenvalue weighted by Crippen LogP contribution is 2.24. The van der Waals surface area contributed by atoms with E-state index in [1.54, 1.807) is 41.8 Å². The van der Waals surface area contributed by atoms with Crippen LogP contribution >= 0.6 is 0 Å². The molecule has 5 aromatic rings. The van der Waals surface area contributed by atoms with E-state index < -0.39 is 0 Å². The molecule has 0 saturated carbocycles. The number of ether oxygens (including phenoxy) is 2. The minimum absolute atomic E-state index is 0.204. The fourth-order valence-electron chi connectivity index (χ4n) is 2.86. The van der Waals surface area contributed by atoms with E-state index in [0.29, 0.717) is 40.6 Å². The Morgan fingerprint density at radius 1 is 0.900 bits per heavy atom. The number of fused-ring (bicyclic) bond motifs is 1. The van der Waals surface area contributed by atoms with Gasteiger partial charge in [0.1, 0.15) is 11.5 Å². The first-order valence-corrected chi connectivity index (χ1v) is 9.22. The van der Waals surface area contributed by atoms with Gasteiger partial charge in [0.25, 0.3) is 5.89 Å². The maximum absolute atomic E-state index is 5.88. The summed E-state index contributed by atoms with van der Waals surface area (Å²) in [6.07, 6.45) is 0. The molecule has 0 aliphatic carbocycles. The summed E-state index contributed by atoms with van der Waals surface area (Å²) in [5.74, 6) is 3.35. The van der Waals surface area contributed by atoms with Crippen molar-refractivity contribution in [2.45, 2.75) is 13.5 Å². The van der Waals surface area contributed by atoms with Crippen molar-refractivity contribution in [1.82, 2.24) is 30.0 Å². The molecule has 0 aliphatic rings. The van der Waals surface area contributed by atoms with Crippen LogP contribution in [0.25, 0.3) is 17.0 Å². The molecule has 3 heterocycles. The molecular weight excluding hydrogens is 384 g/mol. The van der Waals surface area contributed by atoms with Crippen molar-refractivity contribution in [3.8, 4) is 28.8 Å². The molecule has 0 unspecified atom stereocenters. The van der Waals surface area contributed by atoms with Crippen molar-refractivity contribution in [2.24, 2.45) is 0 Å². The summed E-state index contributed by atoms with van der Waals surface area (Å²) in [5.41, 5.74) is 1.56. The van der Waals surface area contributed by atoms with Crippen LogP contribution in [0.1, 0.15) is 11.7 Å². The molecule has 148 valence electrons. The van der Waals surface area contributed by atoms with Crippen molar-refractivity contribution in [3.05, 3.63) is 78.4 Å². The molecule has 0 spiro atoms. The average molecular weight is 400 g/mol. The van der Waals surface area contributed by atoms with Crippen LogP contribution in [-0.2, 0) is 6.61 Å². The van der Waals surface area contributed by atoms with Crippen molar-refractivity contribution in [3.63, 3.8) is 0 Å². The molecule has 3 aromatic heterocycles. The Labute approximate surface area is 170 Å². The normalized spacial score (nSPS) is 11.0. The number of hydrogen-bond acceptors (Lipinski definition) is 8. The molecule has 5 rings (SSSR count). The van der Waals surface area contributed by atoms with Gasteiger partial charge in [-0.15, -0.1) is 15.3 Å². The minimum atomic E-state index is 0.204. The van der Waals surface area contributed by atoms with Crippen molar-refractivity contribution < 1.29 is 14.0 Å². The highest BCUT2D eigenvalue weighted by molar-refractivity contribution is 5.58. The molecule has 0 aliphatic heterocycles. The highest BCUT2D eigenvalue weighted by Gasteiger charge is 2.11. The molecule has 9 nitrogen and oxygen atoms in total. The maximum atomic E-state index is 5.88. The third-order valence-electron chi connectivity index (χ3n) is 4.25. The zero-order valence-electron chi connectivity index (χ0n) is 16.0. The fraction of sp³-hybridized carbons (Fsp3) is 0.0952. The van der Waals surface area contributed by atoms with E-state index in [1.807, 2.05) is 36.4 Å². The Morgan fingerprint density at radius 2 is 1.70 bits per heavy atom. The number of aromatic nitrogens is 6. The van der Waals surface area contributed by atoms with Gasteiger partial charge in [-0.25, -0.2) is 0 Å². The van der Waals surface area contributed by atoms with E-state index in [0.717, 1.165) is 5.56 Å². The molecule has 0 fully saturated rings. The van der Waals surface area contributed by atoms with Crippen LogP contribution in [0.15, 0.2) is 71.3 Å². The number of hydrogen-bond donors (Lipinski definition) is 0. The maximum Gasteiger partial charge on any atom is 0.264 e. The van der Waals surface area contributed by atoms with Crippen molar-refractivity contribution in [1.29, 1.82) is 0 Å². The van der Waals surface area contributed by atoms with Gasteiger partial charge in [-0.2, -0.15) is 9.50 Å². The van der Waals surface area contributed by atoms with Crippen molar-refractivity contribution >= 4 is 5.65 Å². The molecule has 0 N–H and O–H groups in total. The topological polar surface area (TPSA) is 100 Å². The van der Waals surface area contributed by atoms with Gasteiger partial charge in [0.2, 0.25) is 5.88 Å². The molecule has 9 heteroatoms. The second-order valence-corrected chi connectivity index (χ2v) is 6.43. The smallest absolute Gasteiger partial charge is 0.264 e. The summed E-state index contributed by atoms with van der Waals surface area (Å²) in [7, 11) is 0. The summed E-state index contributed by atoms with van der Waals surface area (Å²) in [4.78, 5) is 4.10. The third kappa shape index (κ3) is 3.68. The highest BCUT2D eigenvalue weighted by atomic mass is 16.5. The number of rotatable bonds is 6. The van der Waals surface area contributed by atoms with Gasteiger partial charge in [-0.05, 0) is 37.3 Å². The Balaban J connectivity index is 1.31. The quantitative estimate of drug-likeness (QED) is 0.424. The summed E-state index contributed by atoms with van der Waals surface area (Å²) in [6.45, 7) is 1.96. The monoisotopic (exact) mass is 400 g/mol. The molecule has 0 amide bonds. The summed E-state index contributed by atoms with van der Waals surface area (Å²) in [5, 5.41) is 16.6. The Hall–Kier alpha value is -4.27. The SMILES string of the molecule is Cc1noc(COc2ccc(Oc3ccc4nnc(-c5ccccc5)n4n3)cc2)n1. The van der Waals surface area contributed by atoms with Crippen LogP contribution in [0.5, 0.6) is 17.4 Å². The van der Waals surface area contributed by atoms with E-state index in [2.05, 4.69) is 25.4 Å². The number of nitrogens with zero attached hydrogens (tertiary/aromatic N) is 6. The van der Waals surface area contributed by atoms with Crippen LogP contribution in [0.4, 0.5) is 0 Å². The van der Waals surface area contributed by atoms with Crippen LogP contribution in [0.2, 0.25) is 0 Å². The van der Waals surface area contributed by atoms with E-state index in [-0.39, 0.29) is 6.61 Å². The second-order valence-electron chi connectivity index (χ2n) is 6.43. The fourth-order valence-corrected chi connectivity index (χ4v) is 2.86. The van der Waals surface area contributed by atoms with E-state index >= 15 is 0 Å². The van der Waals surface area contributed by atoms with Gasteiger partial charge in [0.15, 0.2) is 23.9 Å². The Bertz CT molecular complexity index is 1280. The number of aryl methyl sites for hydroxylation is 1. The zero-order valence-corrected chi connectivity index (χ0v) is 16.0. The van der Waals surface area contributed by atoms with Gasteiger partial charge in [0.05, 0.1) is 0 Å². The van der Waals surface area contributed by atoms with Gasteiger partial charge in [-0.1, -0.05) is 35.5 Å². The van der Waals surface area contributed by atoms with Gasteiger partial charge < -0.3 is 14.0 Å². The van der Waals surface area contributed by atoms with Gasteiger partial charge in [0, 0.05) is 11.6 Å². The third-order valence-corrected chi connectivity index (χ3v) is 4.25. The first-order chi connectivity index (χ1) is 14.7. The van der Waals surface area contributed by atoms with Crippen LogP contribution < -0.4 is 9.47 Å². The van der Waals surface area contributed by atoms with E-state index in [4.69, 9.17) is 14.0 Å². The largest absolute Gasteiger partial charge is 0.484 e. The molecule has 30 heavy (non-hydrogen) atoms. The summed E-state index contributed by atoms with van der Waals surface area (Å²) in [6, 6.07) is 20.5. The van der Waals surface area contributed by atoms with Gasteiger partial charge in [-0.3, -0.25) is 0 Å². The molecule has 0 atom stereocenters. The lowest BCUT2D eigenvalue weighted by molar-refractivity contribution is 0.242. The summed E-state index contributed by atoms with van der Waals surface area (Å²) >= 11 is 0. The van der Waals surface area contributed by atoms with E-state index in [9.17, 15) is 0 Å². The molecule has 0 radical (unpaired) electrons. The minimum Gasteiger partial charge on any atom is -0.484 e. The Kier molecular flexibility index (Phi) is 4.53. The Morgan fingerprint density at radius 3 is 2.47 bits per heavy atom. The molecule has 0 saturated heterocycles. The summed E-state index contributed by atoms with van der Waals surface area (Å²) < 4.78 is 18.2. The lowest BCUT2D eigenvalue weighted by Gasteiger charge is -2.07.